The van der Waals surface area contributed by atoms with Crippen LogP contribution in [-0.4, -0.2) is 30.7 Å². The van der Waals surface area contributed by atoms with Crippen LogP contribution >= 0.6 is 0 Å². The van der Waals surface area contributed by atoms with Gasteiger partial charge in [-0.15, -0.1) is 5.92 Å². The average molecular weight is 219 g/mol. The molecule has 0 aromatic heterocycles. The fourth-order valence-electron chi connectivity index (χ4n) is 1.74. The molecule has 1 fully saturated rings. The lowest BCUT2D eigenvalue weighted by Gasteiger charge is -2.30. The topological polar surface area (TPSA) is 3.24 Å². The quantitative estimate of drug-likeness (QED) is 0.613. The molecule has 0 N–H and O–H groups in total. The van der Waals surface area contributed by atoms with Gasteiger partial charge in [-0.25, -0.2) is 0 Å². The molecule has 0 aromatic carbocycles. The van der Waals surface area contributed by atoms with E-state index in [9.17, 15) is 13.2 Å². The van der Waals surface area contributed by atoms with Crippen molar-refractivity contribution in [1.29, 1.82) is 0 Å². The van der Waals surface area contributed by atoms with Crippen LogP contribution in [0.15, 0.2) is 0 Å². The van der Waals surface area contributed by atoms with Gasteiger partial charge in [0.1, 0.15) is 0 Å². The molecule has 15 heavy (non-hydrogen) atoms. The van der Waals surface area contributed by atoms with E-state index in [0.29, 0.717) is 19.0 Å². The van der Waals surface area contributed by atoms with Crippen molar-refractivity contribution in [3.05, 3.63) is 0 Å². The Kier molecular flexibility index (Phi) is 4.46. The Morgan fingerprint density at radius 3 is 2.33 bits per heavy atom. The third kappa shape index (κ3) is 5.08. The summed E-state index contributed by atoms with van der Waals surface area (Å²) in [5, 5.41) is 0. The van der Waals surface area contributed by atoms with Crippen LogP contribution in [0.5, 0.6) is 0 Å². The minimum Gasteiger partial charge on any atom is -0.295 e. The van der Waals surface area contributed by atoms with E-state index in [0.717, 1.165) is 19.3 Å². The fourth-order valence-corrected chi connectivity index (χ4v) is 1.74. The predicted molar refractivity (Wildman–Crippen MR) is 53.3 cm³/mol. The molecule has 0 unspecified atom stereocenters. The Labute approximate surface area is 88.6 Å². The van der Waals surface area contributed by atoms with Crippen LogP contribution in [0.4, 0.5) is 13.2 Å². The number of piperidine rings is 1. The minimum atomic E-state index is -4.07. The molecule has 1 aliphatic heterocycles. The molecule has 86 valence electrons. The first-order valence-electron chi connectivity index (χ1n) is 5.29. The summed E-state index contributed by atoms with van der Waals surface area (Å²) in [7, 11) is 0. The van der Waals surface area contributed by atoms with Crippen LogP contribution in [0, 0.1) is 17.8 Å². The van der Waals surface area contributed by atoms with Crippen molar-refractivity contribution in [3.8, 4) is 11.8 Å². The van der Waals surface area contributed by atoms with Gasteiger partial charge in [-0.05, 0) is 25.9 Å². The van der Waals surface area contributed by atoms with Crippen LogP contribution < -0.4 is 0 Å². The zero-order valence-electron chi connectivity index (χ0n) is 8.90. The van der Waals surface area contributed by atoms with E-state index in [2.05, 4.69) is 11.8 Å². The number of nitrogens with zero attached hydrogens (tertiary/aromatic N) is 1. The van der Waals surface area contributed by atoms with Crippen LogP contribution in [0.3, 0.4) is 0 Å². The standard InChI is InChI=1S/C11H16F3N/c1-2-3-4-10-5-7-15(8-6-10)9-11(12,13)14/h10H,2,5-9H2,1H3. The highest BCUT2D eigenvalue weighted by Gasteiger charge is 2.32. The maximum absolute atomic E-state index is 12.1. The number of alkyl halides is 3. The Morgan fingerprint density at radius 1 is 1.27 bits per heavy atom. The van der Waals surface area contributed by atoms with Crippen LogP contribution in [0.25, 0.3) is 0 Å². The largest absolute Gasteiger partial charge is 0.401 e. The third-order valence-corrected chi connectivity index (χ3v) is 2.47. The Bertz CT molecular complexity index is 241. The lowest BCUT2D eigenvalue weighted by Crippen LogP contribution is -2.39. The lowest BCUT2D eigenvalue weighted by atomic mass is 9.97. The fraction of sp³-hybridized carbons (Fsp3) is 0.818. The zero-order valence-corrected chi connectivity index (χ0v) is 8.90. The number of hydrogen-bond donors (Lipinski definition) is 0. The number of likely N-dealkylation sites (tertiary alicyclic amines) is 1. The molecule has 1 aliphatic rings. The zero-order chi connectivity index (χ0) is 11.3. The minimum absolute atomic E-state index is 0.300. The molecule has 4 heteroatoms. The first-order chi connectivity index (χ1) is 7.01. The molecule has 0 atom stereocenters. The van der Waals surface area contributed by atoms with Crippen LogP contribution in [0.1, 0.15) is 26.2 Å². The summed E-state index contributed by atoms with van der Waals surface area (Å²) < 4.78 is 36.2. The summed E-state index contributed by atoms with van der Waals surface area (Å²) in [4.78, 5) is 1.46. The van der Waals surface area contributed by atoms with E-state index >= 15 is 0 Å². The van der Waals surface area contributed by atoms with Gasteiger partial charge in [0.15, 0.2) is 0 Å². The molecule has 1 saturated heterocycles. The number of hydrogen-bond acceptors (Lipinski definition) is 1. The summed E-state index contributed by atoms with van der Waals surface area (Å²) in [6.45, 7) is 2.23. The first kappa shape index (κ1) is 12.4. The molecule has 0 aliphatic carbocycles. The van der Waals surface area contributed by atoms with Gasteiger partial charge in [0.05, 0.1) is 6.54 Å². The number of rotatable bonds is 1. The predicted octanol–water partition coefficient (Wildman–Crippen LogP) is 2.67. The van der Waals surface area contributed by atoms with E-state index in [1.807, 2.05) is 6.92 Å². The van der Waals surface area contributed by atoms with E-state index in [1.165, 1.54) is 4.90 Å². The van der Waals surface area contributed by atoms with Gasteiger partial charge in [-0.3, -0.25) is 4.90 Å². The van der Waals surface area contributed by atoms with Gasteiger partial charge in [-0.1, -0.05) is 12.8 Å². The molecule has 0 spiro atoms. The first-order valence-corrected chi connectivity index (χ1v) is 5.29. The summed E-state index contributed by atoms with van der Waals surface area (Å²) >= 11 is 0. The molecule has 0 saturated carbocycles. The summed E-state index contributed by atoms with van der Waals surface area (Å²) in [6, 6.07) is 0. The molecular weight excluding hydrogens is 203 g/mol. The molecule has 1 nitrogen and oxygen atoms in total. The van der Waals surface area contributed by atoms with Gasteiger partial charge in [0.2, 0.25) is 0 Å². The van der Waals surface area contributed by atoms with E-state index < -0.39 is 12.7 Å². The monoisotopic (exact) mass is 219 g/mol. The molecule has 0 amide bonds. The Balaban J connectivity index is 2.30. The average Bonchev–Trinajstić information content (AvgIpc) is 2.14. The maximum Gasteiger partial charge on any atom is 0.401 e. The smallest absolute Gasteiger partial charge is 0.295 e. The van der Waals surface area contributed by atoms with Crippen molar-refractivity contribution in [2.24, 2.45) is 5.92 Å². The van der Waals surface area contributed by atoms with E-state index in [4.69, 9.17) is 0 Å². The second kappa shape index (κ2) is 5.41. The third-order valence-electron chi connectivity index (χ3n) is 2.47. The van der Waals surface area contributed by atoms with Crippen molar-refractivity contribution < 1.29 is 13.2 Å². The molecule has 1 rings (SSSR count). The van der Waals surface area contributed by atoms with Gasteiger partial charge >= 0.3 is 6.18 Å². The second-order valence-corrected chi connectivity index (χ2v) is 3.84. The molecule has 0 radical (unpaired) electrons. The van der Waals surface area contributed by atoms with E-state index in [-0.39, 0.29) is 0 Å². The highest BCUT2D eigenvalue weighted by atomic mass is 19.4. The summed E-state index contributed by atoms with van der Waals surface area (Å²) in [5.74, 6) is 6.39. The van der Waals surface area contributed by atoms with Crippen molar-refractivity contribution in [3.63, 3.8) is 0 Å². The van der Waals surface area contributed by atoms with Gasteiger partial charge in [0.25, 0.3) is 0 Å². The van der Waals surface area contributed by atoms with Crippen molar-refractivity contribution in [1.82, 2.24) is 4.90 Å². The summed E-state index contributed by atoms with van der Waals surface area (Å²) in [5.41, 5.74) is 0. The maximum atomic E-state index is 12.1. The van der Waals surface area contributed by atoms with Crippen molar-refractivity contribution in [2.45, 2.75) is 32.4 Å². The van der Waals surface area contributed by atoms with Crippen molar-refractivity contribution >= 4 is 0 Å². The lowest BCUT2D eigenvalue weighted by molar-refractivity contribution is -0.148. The second-order valence-electron chi connectivity index (χ2n) is 3.84. The molecular formula is C11H16F3N. The van der Waals surface area contributed by atoms with Gasteiger partial charge in [-0.2, -0.15) is 13.2 Å². The normalized spacial score (nSPS) is 19.7. The highest BCUT2D eigenvalue weighted by molar-refractivity contribution is 5.04. The van der Waals surface area contributed by atoms with Gasteiger partial charge in [0, 0.05) is 12.3 Å². The van der Waals surface area contributed by atoms with Gasteiger partial charge < -0.3 is 0 Å². The molecule has 0 aromatic rings. The molecule has 1 heterocycles. The SMILES string of the molecule is CCC#CC1CCN(CC(F)(F)F)CC1. The van der Waals surface area contributed by atoms with Crippen LogP contribution in [0.2, 0.25) is 0 Å². The van der Waals surface area contributed by atoms with Crippen LogP contribution in [-0.2, 0) is 0 Å². The Hall–Kier alpha value is -0.690. The van der Waals surface area contributed by atoms with E-state index in [1.54, 1.807) is 0 Å². The van der Waals surface area contributed by atoms with Crippen molar-refractivity contribution in [2.75, 3.05) is 19.6 Å². The number of halogens is 3. The summed E-state index contributed by atoms with van der Waals surface area (Å²) in [6.07, 6.45) is -1.71. The Morgan fingerprint density at radius 2 is 1.87 bits per heavy atom. The highest BCUT2D eigenvalue weighted by Crippen LogP contribution is 2.21. The molecule has 0 bridgehead atoms.